The van der Waals surface area contributed by atoms with Crippen LogP contribution in [-0.2, 0) is 9.53 Å². The number of rotatable bonds is 0. The number of ether oxygens (including phenoxy) is 2. The predicted octanol–water partition coefficient (Wildman–Crippen LogP) is 2.72. The number of carbonyl (C=O) groups excluding carboxylic acids is 1. The van der Waals surface area contributed by atoms with Gasteiger partial charge in [0.2, 0.25) is 5.91 Å². The summed E-state index contributed by atoms with van der Waals surface area (Å²) in [5, 5.41) is 2.90. The van der Waals surface area contributed by atoms with E-state index in [1.54, 1.807) is 0 Å². The fourth-order valence-electron chi connectivity index (χ4n) is 2.46. The van der Waals surface area contributed by atoms with E-state index in [0.717, 1.165) is 28.8 Å². The van der Waals surface area contributed by atoms with Crippen LogP contribution in [0.5, 0.6) is 5.75 Å². The fraction of sp³-hybridized carbons (Fsp3) is 0.462. The molecule has 0 atom stereocenters. The molecule has 2 heterocycles. The van der Waals surface area contributed by atoms with E-state index in [1.807, 2.05) is 18.2 Å². The average molecular weight is 312 g/mol. The highest BCUT2D eigenvalue weighted by molar-refractivity contribution is 9.10. The van der Waals surface area contributed by atoms with Crippen molar-refractivity contribution in [3.05, 3.63) is 22.7 Å². The maximum Gasteiger partial charge on any atom is 0.228 e. The van der Waals surface area contributed by atoms with Gasteiger partial charge in [0.1, 0.15) is 11.4 Å². The van der Waals surface area contributed by atoms with E-state index in [4.69, 9.17) is 9.47 Å². The van der Waals surface area contributed by atoms with Crippen molar-refractivity contribution in [3.8, 4) is 5.75 Å². The number of halogens is 1. The summed E-state index contributed by atoms with van der Waals surface area (Å²) in [5.74, 6) is 0.745. The third-order valence-electron chi connectivity index (χ3n) is 3.43. The molecule has 5 heteroatoms. The van der Waals surface area contributed by atoms with E-state index in [9.17, 15) is 4.79 Å². The molecule has 18 heavy (non-hydrogen) atoms. The van der Waals surface area contributed by atoms with Crippen molar-refractivity contribution in [2.24, 2.45) is 0 Å². The Morgan fingerprint density at radius 3 is 2.83 bits per heavy atom. The molecule has 0 bridgehead atoms. The number of carbonyl (C=O) groups is 1. The molecule has 0 aliphatic carbocycles. The number of hydrogen-bond donors (Lipinski definition) is 1. The second kappa shape index (κ2) is 4.55. The Hall–Kier alpha value is -1.07. The second-order valence-electron chi connectivity index (χ2n) is 4.76. The second-order valence-corrected chi connectivity index (χ2v) is 5.68. The van der Waals surface area contributed by atoms with Gasteiger partial charge in [0.05, 0.1) is 25.3 Å². The Morgan fingerprint density at radius 2 is 2.06 bits per heavy atom. The molecule has 1 aromatic rings. The maximum atomic E-state index is 12.0. The molecule has 1 aromatic carbocycles. The summed E-state index contributed by atoms with van der Waals surface area (Å²) in [6, 6.07) is 5.65. The smallest absolute Gasteiger partial charge is 0.228 e. The standard InChI is InChI=1S/C13H14BrNO3/c14-9-1-2-10-11(7-9)18-13(8-12(16)15-10)3-5-17-6-4-13/h1-2,7H,3-6,8H2,(H,15,16). The van der Waals surface area contributed by atoms with Gasteiger partial charge in [-0.15, -0.1) is 0 Å². The van der Waals surface area contributed by atoms with Gasteiger partial charge < -0.3 is 14.8 Å². The van der Waals surface area contributed by atoms with Crippen LogP contribution in [0.15, 0.2) is 22.7 Å². The Balaban J connectivity index is 1.98. The Morgan fingerprint density at radius 1 is 1.28 bits per heavy atom. The first-order valence-electron chi connectivity index (χ1n) is 6.03. The minimum absolute atomic E-state index is 0.0120. The Labute approximate surface area is 114 Å². The first-order chi connectivity index (χ1) is 8.67. The van der Waals surface area contributed by atoms with E-state index in [1.165, 1.54) is 0 Å². The van der Waals surface area contributed by atoms with Crippen LogP contribution in [-0.4, -0.2) is 24.7 Å². The number of hydrogen-bond acceptors (Lipinski definition) is 3. The zero-order valence-corrected chi connectivity index (χ0v) is 11.5. The van der Waals surface area contributed by atoms with Crippen LogP contribution in [0.4, 0.5) is 5.69 Å². The highest BCUT2D eigenvalue weighted by Gasteiger charge is 2.39. The van der Waals surface area contributed by atoms with Crippen LogP contribution in [0.2, 0.25) is 0 Å². The lowest BCUT2D eigenvalue weighted by Gasteiger charge is -2.35. The van der Waals surface area contributed by atoms with Crippen molar-refractivity contribution in [3.63, 3.8) is 0 Å². The van der Waals surface area contributed by atoms with Gasteiger partial charge in [-0.1, -0.05) is 15.9 Å². The van der Waals surface area contributed by atoms with Crippen LogP contribution in [0.1, 0.15) is 19.3 Å². The lowest BCUT2D eigenvalue weighted by molar-refractivity contribution is -0.122. The molecule has 0 aromatic heterocycles. The number of nitrogens with one attached hydrogen (secondary N) is 1. The summed E-state index contributed by atoms with van der Waals surface area (Å²) < 4.78 is 12.5. The SMILES string of the molecule is O=C1CC2(CCOCC2)Oc2cc(Br)ccc2N1. The van der Waals surface area contributed by atoms with Crippen molar-refractivity contribution in [1.82, 2.24) is 0 Å². The lowest BCUT2D eigenvalue weighted by atomic mass is 9.90. The van der Waals surface area contributed by atoms with Crippen LogP contribution < -0.4 is 10.1 Å². The van der Waals surface area contributed by atoms with Crippen molar-refractivity contribution in [2.75, 3.05) is 18.5 Å². The molecule has 3 rings (SSSR count). The van der Waals surface area contributed by atoms with E-state index in [-0.39, 0.29) is 5.91 Å². The molecule has 2 aliphatic rings. The molecular weight excluding hydrogens is 298 g/mol. The number of benzene rings is 1. The Kier molecular flexibility index (Phi) is 3.03. The zero-order valence-electron chi connectivity index (χ0n) is 9.87. The molecule has 1 spiro atoms. The first kappa shape index (κ1) is 12.0. The van der Waals surface area contributed by atoms with Gasteiger partial charge >= 0.3 is 0 Å². The van der Waals surface area contributed by atoms with Gasteiger partial charge in [0, 0.05) is 17.3 Å². The molecule has 1 amide bonds. The summed E-state index contributed by atoms with van der Waals surface area (Å²) in [7, 11) is 0. The van der Waals surface area contributed by atoms with Crippen molar-refractivity contribution >= 4 is 27.5 Å². The average Bonchev–Trinajstić information content (AvgIpc) is 2.45. The molecule has 2 aliphatic heterocycles. The summed E-state index contributed by atoms with van der Waals surface area (Å²) in [4.78, 5) is 12.0. The van der Waals surface area contributed by atoms with Gasteiger partial charge in [-0.3, -0.25) is 4.79 Å². The summed E-state index contributed by atoms with van der Waals surface area (Å²) in [6.45, 7) is 1.30. The quantitative estimate of drug-likeness (QED) is 0.801. The molecule has 1 saturated heterocycles. The molecule has 0 radical (unpaired) electrons. The van der Waals surface area contributed by atoms with E-state index >= 15 is 0 Å². The van der Waals surface area contributed by atoms with Gasteiger partial charge in [0.25, 0.3) is 0 Å². The van der Waals surface area contributed by atoms with Crippen molar-refractivity contribution < 1.29 is 14.3 Å². The summed E-state index contributed by atoms with van der Waals surface area (Å²) in [6.07, 6.45) is 1.90. The topological polar surface area (TPSA) is 47.6 Å². The normalized spacial score (nSPS) is 21.7. The number of anilines is 1. The molecule has 1 N–H and O–H groups in total. The van der Waals surface area contributed by atoms with Gasteiger partial charge in [-0.05, 0) is 18.2 Å². The summed E-state index contributed by atoms with van der Waals surface area (Å²) >= 11 is 3.43. The van der Waals surface area contributed by atoms with Gasteiger partial charge in [-0.2, -0.15) is 0 Å². The first-order valence-corrected chi connectivity index (χ1v) is 6.82. The lowest BCUT2D eigenvalue weighted by Crippen LogP contribution is -2.43. The van der Waals surface area contributed by atoms with E-state index < -0.39 is 5.60 Å². The fourth-order valence-corrected chi connectivity index (χ4v) is 2.80. The van der Waals surface area contributed by atoms with Crippen molar-refractivity contribution in [1.29, 1.82) is 0 Å². The summed E-state index contributed by atoms with van der Waals surface area (Å²) in [5.41, 5.74) is 0.334. The highest BCUT2D eigenvalue weighted by Crippen LogP contribution is 2.39. The molecule has 0 saturated carbocycles. The minimum atomic E-state index is -0.408. The molecule has 4 nitrogen and oxygen atoms in total. The third kappa shape index (κ3) is 2.24. The largest absolute Gasteiger partial charge is 0.484 e. The zero-order chi connectivity index (χ0) is 12.6. The van der Waals surface area contributed by atoms with Crippen LogP contribution >= 0.6 is 15.9 Å². The number of amides is 1. The van der Waals surface area contributed by atoms with Crippen LogP contribution in [0, 0.1) is 0 Å². The van der Waals surface area contributed by atoms with Crippen molar-refractivity contribution in [2.45, 2.75) is 24.9 Å². The van der Waals surface area contributed by atoms with Crippen LogP contribution in [0.3, 0.4) is 0 Å². The van der Waals surface area contributed by atoms with E-state index in [2.05, 4.69) is 21.2 Å². The third-order valence-corrected chi connectivity index (χ3v) is 3.92. The monoisotopic (exact) mass is 311 g/mol. The minimum Gasteiger partial charge on any atom is -0.484 e. The molecule has 0 unspecified atom stereocenters. The Bertz CT molecular complexity index is 483. The predicted molar refractivity (Wildman–Crippen MR) is 70.8 cm³/mol. The molecular formula is C13H14BrNO3. The molecule has 1 fully saturated rings. The van der Waals surface area contributed by atoms with Gasteiger partial charge in [0.15, 0.2) is 0 Å². The maximum absolute atomic E-state index is 12.0. The van der Waals surface area contributed by atoms with Gasteiger partial charge in [-0.25, -0.2) is 0 Å². The number of fused-ring (bicyclic) bond motifs is 1. The molecule has 96 valence electrons. The highest BCUT2D eigenvalue weighted by atomic mass is 79.9. The van der Waals surface area contributed by atoms with E-state index in [0.29, 0.717) is 19.6 Å². The van der Waals surface area contributed by atoms with Crippen LogP contribution in [0.25, 0.3) is 0 Å².